The summed E-state index contributed by atoms with van der Waals surface area (Å²) in [6, 6.07) is 25.8. The molecule has 0 unspecified atom stereocenters. The van der Waals surface area contributed by atoms with Crippen molar-refractivity contribution in [2.24, 2.45) is 0 Å². The van der Waals surface area contributed by atoms with Crippen molar-refractivity contribution >= 4 is 34.4 Å². The predicted octanol–water partition coefficient (Wildman–Crippen LogP) is 4.17. The molecular weight excluding hydrogens is 554 g/mol. The Bertz CT molecular complexity index is 1540. The molecule has 0 aliphatic carbocycles. The van der Waals surface area contributed by atoms with Gasteiger partial charge in [-0.05, 0) is 53.5 Å². The Labute approximate surface area is 257 Å². The van der Waals surface area contributed by atoms with Crippen LogP contribution in [0.3, 0.4) is 0 Å². The number of rotatable bonds is 12. The van der Waals surface area contributed by atoms with E-state index in [-0.39, 0.29) is 18.4 Å². The molecule has 4 aromatic rings. The molecule has 1 aliphatic heterocycles. The molecule has 0 bridgehead atoms. The zero-order chi connectivity index (χ0) is 30.9. The summed E-state index contributed by atoms with van der Waals surface area (Å²) < 4.78 is 5.30. The maximum Gasteiger partial charge on any atom is 0.319 e. The Balaban J connectivity index is 1.37. The van der Waals surface area contributed by atoms with E-state index in [0.717, 1.165) is 27.5 Å². The van der Waals surface area contributed by atoms with Crippen LogP contribution in [0, 0.1) is 0 Å². The number of nitrogens with zero attached hydrogens (tertiary/aromatic N) is 2. The summed E-state index contributed by atoms with van der Waals surface area (Å²) in [6.45, 7) is 2.89. The lowest BCUT2D eigenvalue weighted by molar-refractivity contribution is -0.144. The standard InChI is InChI=1S/C35H39N5O4/c1-2-20-44-30(41)23-38-32(31(25-10-5-3-6-11-25)26-12-7-4-8-13-26)35(43)40-19-9-14-29(40)34(42)39-22-24-15-16-28-27(21-24)17-18-37-33(28)36/h3-8,10-13,15-18,21,29,31-32,38H,2,9,14,19-20,22-23H2,1H3,(H2,36,37)(H,39,42)/t29-,32+/m0/s1. The molecule has 3 aromatic carbocycles. The summed E-state index contributed by atoms with van der Waals surface area (Å²) in [7, 11) is 0. The number of nitrogens with one attached hydrogen (secondary N) is 2. The Hall–Kier alpha value is -4.76. The van der Waals surface area contributed by atoms with Gasteiger partial charge in [0, 0.05) is 30.6 Å². The third kappa shape index (κ3) is 7.23. The molecule has 0 radical (unpaired) electrons. The van der Waals surface area contributed by atoms with Crippen molar-refractivity contribution < 1.29 is 19.1 Å². The van der Waals surface area contributed by atoms with Crippen molar-refractivity contribution in [1.82, 2.24) is 20.5 Å². The lowest BCUT2D eigenvalue weighted by Gasteiger charge is -2.33. The van der Waals surface area contributed by atoms with Gasteiger partial charge in [0.15, 0.2) is 0 Å². The van der Waals surface area contributed by atoms with Gasteiger partial charge in [0.25, 0.3) is 0 Å². The Morgan fingerprint density at radius 1 is 1.00 bits per heavy atom. The van der Waals surface area contributed by atoms with Crippen LogP contribution in [-0.4, -0.2) is 59.4 Å². The number of carbonyl (C=O) groups excluding carboxylic acids is 3. The summed E-state index contributed by atoms with van der Waals surface area (Å²) in [5.74, 6) is -0.787. The van der Waals surface area contributed by atoms with Gasteiger partial charge in [-0.25, -0.2) is 4.98 Å². The molecule has 0 saturated carbocycles. The molecule has 2 atom stereocenters. The van der Waals surface area contributed by atoms with E-state index in [1.807, 2.05) is 91.9 Å². The predicted molar refractivity (Wildman–Crippen MR) is 171 cm³/mol. The molecule has 1 fully saturated rings. The van der Waals surface area contributed by atoms with Gasteiger partial charge < -0.3 is 20.7 Å². The summed E-state index contributed by atoms with van der Waals surface area (Å²) in [6.07, 6.45) is 3.64. The number of hydrogen-bond acceptors (Lipinski definition) is 7. The third-order valence-corrected chi connectivity index (χ3v) is 8.02. The number of aromatic nitrogens is 1. The summed E-state index contributed by atoms with van der Waals surface area (Å²) in [5.41, 5.74) is 8.77. The van der Waals surface area contributed by atoms with Crippen LogP contribution in [0.15, 0.2) is 91.1 Å². The van der Waals surface area contributed by atoms with E-state index in [2.05, 4.69) is 15.6 Å². The van der Waals surface area contributed by atoms with Crippen molar-refractivity contribution in [3.05, 3.63) is 108 Å². The second-order valence-electron chi connectivity index (χ2n) is 11.0. The van der Waals surface area contributed by atoms with E-state index in [0.29, 0.717) is 44.8 Å². The van der Waals surface area contributed by atoms with Crippen LogP contribution in [-0.2, 0) is 25.7 Å². The molecule has 2 heterocycles. The van der Waals surface area contributed by atoms with Gasteiger partial charge in [-0.15, -0.1) is 0 Å². The minimum absolute atomic E-state index is 0.126. The number of likely N-dealkylation sites (tertiary alicyclic amines) is 1. The number of anilines is 1. The minimum Gasteiger partial charge on any atom is -0.465 e. The lowest BCUT2D eigenvalue weighted by Crippen LogP contribution is -2.55. The lowest BCUT2D eigenvalue weighted by atomic mass is 9.84. The first-order valence-corrected chi connectivity index (χ1v) is 15.2. The van der Waals surface area contributed by atoms with Crippen LogP contribution in [0.1, 0.15) is 48.8 Å². The van der Waals surface area contributed by atoms with Gasteiger partial charge in [0.1, 0.15) is 11.9 Å². The summed E-state index contributed by atoms with van der Waals surface area (Å²) >= 11 is 0. The van der Waals surface area contributed by atoms with Crippen LogP contribution in [0.25, 0.3) is 10.8 Å². The highest BCUT2D eigenvalue weighted by Crippen LogP contribution is 2.31. The molecule has 1 aromatic heterocycles. The first kappa shape index (κ1) is 30.7. The number of amides is 2. The van der Waals surface area contributed by atoms with Gasteiger partial charge in [0.2, 0.25) is 11.8 Å². The largest absolute Gasteiger partial charge is 0.465 e. The van der Waals surface area contributed by atoms with Crippen LogP contribution in [0.4, 0.5) is 5.82 Å². The molecule has 228 valence electrons. The first-order valence-electron chi connectivity index (χ1n) is 15.2. The van der Waals surface area contributed by atoms with Crippen LogP contribution < -0.4 is 16.4 Å². The van der Waals surface area contributed by atoms with Crippen LogP contribution >= 0.6 is 0 Å². The molecule has 1 saturated heterocycles. The van der Waals surface area contributed by atoms with Crippen molar-refractivity contribution in [3.8, 4) is 0 Å². The number of nitrogens with two attached hydrogens (primary N) is 1. The highest BCUT2D eigenvalue weighted by Gasteiger charge is 2.40. The van der Waals surface area contributed by atoms with E-state index >= 15 is 0 Å². The Morgan fingerprint density at radius 2 is 1.70 bits per heavy atom. The zero-order valence-electron chi connectivity index (χ0n) is 24.9. The number of hydrogen-bond donors (Lipinski definition) is 3. The maximum absolute atomic E-state index is 14.4. The smallest absolute Gasteiger partial charge is 0.319 e. The van der Waals surface area contributed by atoms with E-state index < -0.39 is 24.0 Å². The average Bonchev–Trinajstić information content (AvgIpc) is 3.55. The third-order valence-electron chi connectivity index (χ3n) is 8.02. The first-order chi connectivity index (χ1) is 21.5. The number of fused-ring (bicyclic) bond motifs is 1. The van der Waals surface area contributed by atoms with Crippen LogP contribution in [0.2, 0.25) is 0 Å². The molecule has 2 amide bonds. The molecule has 9 heteroatoms. The fourth-order valence-electron chi connectivity index (χ4n) is 5.86. The Morgan fingerprint density at radius 3 is 2.39 bits per heavy atom. The average molecular weight is 594 g/mol. The number of carbonyl (C=O) groups is 3. The quantitative estimate of drug-likeness (QED) is 0.211. The number of benzene rings is 3. The van der Waals surface area contributed by atoms with E-state index in [1.54, 1.807) is 11.1 Å². The number of esters is 1. The highest BCUT2D eigenvalue weighted by molar-refractivity contribution is 5.92. The van der Waals surface area contributed by atoms with Crippen molar-refractivity contribution in [2.75, 3.05) is 25.4 Å². The monoisotopic (exact) mass is 593 g/mol. The molecule has 44 heavy (non-hydrogen) atoms. The Kier molecular flexibility index (Phi) is 10.2. The number of pyridine rings is 1. The van der Waals surface area contributed by atoms with Gasteiger partial charge >= 0.3 is 5.97 Å². The van der Waals surface area contributed by atoms with Crippen molar-refractivity contribution in [2.45, 2.75) is 50.7 Å². The second-order valence-corrected chi connectivity index (χ2v) is 11.0. The fourth-order valence-corrected chi connectivity index (χ4v) is 5.86. The maximum atomic E-state index is 14.4. The van der Waals surface area contributed by atoms with E-state index in [4.69, 9.17) is 10.5 Å². The fraction of sp³-hybridized carbons (Fsp3) is 0.314. The van der Waals surface area contributed by atoms with Crippen molar-refractivity contribution in [3.63, 3.8) is 0 Å². The van der Waals surface area contributed by atoms with Gasteiger partial charge in [0.05, 0.1) is 19.2 Å². The SMILES string of the molecule is CCCOC(=O)CN[C@@H](C(=O)N1CCC[C@H]1C(=O)NCc1ccc2c(N)nccc2c1)C(c1ccccc1)c1ccccc1. The summed E-state index contributed by atoms with van der Waals surface area (Å²) in [5, 5.41) is 8.07. The van der Waals surface area contributed by atoms with Gasteiger partial charge in [-0.3, -0.25) is 19.7 Å². The number of nitrogen functional groups attached to an aromatic ring is 1. The molecule has 9 nitrogen and oxygen atoms in total. The van der Waals surface area contributed by atoms with Crippen molar-refractivity contribution in [1.29, 1.82) is 0 Å². The molecule has 4 N–H and O–H groups in total. The van der Waals surface area contributed by atoms with Gasteiger partial charge in [-0.1, -0.05) is 79.7 Å². The normalized spacial score (nSPS) is 15.3. The number of ether oxygens (including phenoxy) is 1. The van der Waals surface area contributed by atoms with E-state index in [9.17, 15) is 14.4 Å². The van der Waals surface area contributed by atoms with E-state index in [1.165, 1.54) is 0 Å². The minimum atomic E-state index is -0.804. The zero-order valence-corrected chi connectivity index (χ0v) is 24.9. The molecule has 1 aliphatic rings. The van der Waals surface area contributed by atoms with Crippen LogP contribution in [0.5, 0.6) is 0 Å². The molecule has 5 rings (SSSR count). The van der Waals surface area contributed by atoms with Gasteiger partial charge in [-0.2, -0.15) is 0 Å². The summed E-state index contributed by atoms with van der Waals surface area (Å²) in [4.78, 5) is 46.3. The molecular formula is C35H39N5O4. The second kappa shape index (κ2) is 14.6. The molecule has 0 spiro atoms. The highest BCUT2D eigenvalue weighted by atomic mass is 16.5. The topological polar surface area (TPSA) is 127 Å².